The minimum absolute atomic E-state index is 0.0296. The lowest BCUT2D eigenvalue weighted by atomic mass is 9.96. The number of nitrogens with one attached hydrogen (secondary N) is 5. The number of imide groups is 4. The molecule has 10 aliphatic heterocycles. The Morgan fingerprint density at radius 2 is 1.06 bits per heavy atom. The number of carbonyl (C=O) groups is 10. The van der Waals surface area contributed by atoms with Crippen LogP contribution in [-0.4, -0.2) is 228 Å². The van der Waals surface area contributed by atoms with Crippen LogP contribution >= 0.6 is 0 Å². The number of H-pyrrole nitrogens is 1. The predicted octanol–water partition coefficient (Wildman–Crippen LogP) is 6.91. The van der Waals surface area contributed by atoms with Gasteiger partial charge >= 0.3 is 5.97 Å². The number of anilines is 5. The van der Waals surface area contributed by atoms with Gasteiger partial charge in [0.1, 0.15) is 58.5 Å². The normalized spacial score (nSPS) is 21.0. The third-order valence-electron chi connectivity index (χ3n) is 23.3. The number of benzene rings is 4. The quantitative estimate of drug-likeness (QED) is 0.0345. The van der Waals surface area contributed by atoms with Gasteiger partial charge in [-0.3, -0.25) is 73.8 Å². The minimum Gasteiger partial charge on any atom is -0.481 e. The first-order chi connectivity index (χ1) is 56.7. The summed E-state index contributed by atoms with van der Waals surface area (Å²) in [5, 5.41) is 30.2. The molecule has 15 heterocycles. The molecule has 19 rings (SSSR count). The van der Waals surface area contributed by atoms with Crippen LogP contribution < -0.4 is 40.4 Å². The fourth-order valence-electron chi connectivity index (χ4n) is 17.0. The highest BCUT2D eigenvalue weighted by Gasteiger charge is 2.48. The molecule has 4 atom stereocenters. The second kappa shape index (κ2) is 32.1. The molecule has 9 amide bonds. The largest absolute Gasteiger partial charge is 0.481 e. The number of nitrogens with zero attached hydrogens (tertiary/aromatic N) is 15. The van der Waals surface area contributed by atoms with Gasteiger partial charge in [0.15, 0.2) is 5.65 Å². The molecular weight excluding hydrogens is 1500 g/mol. The number of carbonyl (C=O) groups excluding carboxylic acids is 9. The second-order valence-electron chi connectivity index (χ2n) is 30.5. The monoisotopic (exact) mass is 1580 g/mol. The summed E-state index contributed by atoms with van der Waals surface area (Å²) in [7, 11) is 0. The van der Waals surface area contributed by atoms with Crippen LogP contribution in [0.3, 0.4) is 0 Å². The number of piperazine rings is 2. The van der Waals surface area contributed by atoms with Gasteiger partial charge in [0, 0.05) is 116 Å². The van der Waals surface area contributed by atoms with Gasteiger partial charge in [-0.1, -0.05) is 36.4 Å². The molecule has 0 aliphatic carbocycles. The zero-order valence-corrected chi connectivity index (χ0v) is 63.5. The van der Waals surface area contributed by atoms with E-state index < -0.39 is 71.2 Å². The summed E-state index contributed by atoms with van der Waals surface area (Å²) in [5.74, 6) is -2.63. The van der Waals surface area contributed by atoms with Crippen molar-refractivity contribution < 1.29 is 61.8 Å². The fraction of sp³-hybridized carbons (Fsp3) is 0.333. The maximum atomic E-state index is 14.1. The number of fused-ring (bicyclic) bond motifs is 3. The number of likely N-dealkylation sites (tertiary alicyclic amines) is 1. The van der Waals surface area contributed by atoms with E-state index in [1.54, 1.807) is 73.1 Å². The number of aromatic nitrogens is 7. The number of rotatable bonds is 15. The molecule has 31 nitrogen and oxygen atoms in total. The molecule has 2 unspecified atom stereocenters. The number of piperidine rings is 2. The third kappa shape index (κ3) is 15.3. The highest BCUT2D eigenvalue weighted by molar-refractivity contribution is 6.25. The molecule has 5 aromatic heterocycles. The second-order valence-corrected chi connectivity index (χ2v) is 30.5. The number of amidine groups is 1. The Kier molecular flexibility index (Phi) is 20.9. The topological polar surface area (TPSA) is 365 Å². The minimum atomic E-state index is -1.02. The van der Waals surface area contributed by atoms with Crippen LogP contribution in [0.4, 0.5) is 37.6 Å². The van der Waals surface area contributed by atoms with Crippen LogP contribution in [0.2, 0.25) is 0 Å². The maximum absolute atomic E-state index is 14.1. The number of imidazole rings is 2. The van der Waals surface area contributed by atoms with E-state index in [0.29, 0.717) is 75.4 Å². The number of hydrogen-bond acceptors (Lipinski definition) is 22. The van der Waals surface area contributed by atoms with Crippen molar-refractivity contribution in [2.75, 3.05) is 116 Å². The summed E-state index contributed by atoms with van der Waals surface area (Å²) in [6.07, 6.45) is 11.3. The summed E-state index contributed by atoms with van der Waals surface area (Å²) in [6, 6.07) is 37.1. The summed E-state index contributed by atoms with van der Waals surface area (Å²) in [4.78, 5) is 162. The highest BCUT2D eigenvalue weighted by Crippen LogP contribution is 2.40. The van der Waals surface area contributed by atoms with Crippen LogP contribution in [0.15, 0.2) is 152 Å². The molecule has 0 saturated carbocycles. The Labute approximate surface area is 668 Å². The van der Waals surface area contributed by atoms with E-state index in [9.17, 15) is 56.7 Å². The molecule has 0 bridgehead atoms. The highest BCUT2D eigenvalue weighted by atomic mass is 19.1. The van der Waals surface area contributed by atoms with E-state index in [-0.39, 0.29) is 83.5 Å². The molecule has 8 saturated heterocycles. The molecule has 598 valence electrons. The Morgan fingerprint density at radius 1 is 0.513 bits per heavy atom. The van der Waals surface area contributed by atoms with Gasteiger partial charge < -0.3 is 49.7 Å². The van der Waals surface area contributed by atoms with Gasteiger partial charge in [0.05, 0.1) is 75.6 Å². The summed E-state index contributed by atoms with van der Waals surface area (Å²) in [5.41, 5.74) is 7.96. The van der Waals surface area contributed by atoms with Crippen molar-refractivity contribution in [2.45, 2.75) is 75.5 Å². The van der Waals surface area contributed by atoms with Gasteiger partial charge in [0.2, 0.25) is 29.5 Å². The van der Waals surface area contributed by atoms with Crippen LogP contribution in [0, 0.1) is 28.9 Å². The van der Waals surface area contributed by atoms with Crippen molar-refractivity contribution in [2.24, 2.45) is 11.8 Å². The average Bonchev–Trinajstić information content (AvgIpc) is 1.61. The zero-order chi connectivity index (χ0) is 80.9. The lowest BCUT2D eigenvalue weighted by molar-refractivity contribution is -0.142. The molecule has 10 aliphatic rings. The van der Waals surface area contributed by atoms with Crippen LogP contribution in [0.25, 0.3) is 34.5 Å². The number of hydrogen-bond donors (Lipinski definition) is 6. The number of aromatic amines is 1. The van der Waals surface area contributed by atoms with Crippen molar-refractivity contribution in [1.29, 1.82) is 5.41 Å². The molecule has 9 aromatic rings. The number of amides is 9. The number of carboxylic acids is 1. The van der Waals surface area contributed by atoms with Gasteiger partial charge in [-0.15, -0.1) is 5.10 Å². The number of carboxylic acid groups (broad SMARTS) is 1. The van der Waals surface area contributed by atoms with Crippen LogP contribution in [-0.2, 0) is 28.8 Å². The average molecular weight is 1590 g/mol. The molecule has 0 spiro atoms. The van der Waals surface area contributed by atoms with E-state index in [4.69, 9.17) is 25.6 Å². The number of halogens is 2. The van der Waals surface area contributed by atoms with Crippen molar-refractivity contribution in [3.05, 3.63) is 203 Å². The SMILES string of the molecule is N=C(/C=C\c1ncc(-c2cccc(N3CCNCC3)n2)[nH]1)N1CCC[C@@H]1c1cccc(F)c1.O=C1CCC(N2C(=O)c3ccc(N4CC(C(=O)N5CCN(c6cccc(-c7cnc8ccc(N9CCC[C@@H]9c9cccc(F)c9)nn78)n6)CC5)C4)cc3C2=O)C(=O)N1.O=C1CCC(N2C(=O)c3ccc(N4CC(C(=O)O)C4)cc3C2=O)C(=O)N1. The molecule has 117 heavy (non-hydrogen) atoms. The molecule has 8 fully saturated rings. The standard InChI is InChI=1S/C42H39FN10O5.C25H28FN7.C17H15N3O6/c43-27-5-1-4-25(20-27)32-7-3-15-51(32)37-13-12-35-44-22-34(53(35)47-37)31-6-2-8-36(45-31)48-16-18-49(19-17-48)40(56)26-23-50(24-26)28-9-10-29-30(21-28)42(58)52(41(29)57)33-11-14-38(54)46-39(33)55;26-19-5-1-4-18(16-19)22-7-3-13-33(22)23(27)9-10-24-29-17-21(30-24)20-6-2-8-25(31-20)32-14-11-28-12-15-32;21-13-4-3-12(14(22)18-13)20-15(23)10-2-1-9(5-11(10)16(20)24)19-6-8(7-19)17(25)26/h1-2,4-6,8-10,12-13,20-22,26,32-33H,3,7,11,14-19,23-24H2,(H,46,54,55);1-2,4-6,8-10,16-17,22,27-28H,3,7,11-15H2,(H,29,30);1-2,5,8,12H,3-4,6-7H2,(H,25,26)(H,18,21,22)/b;10-9-,27-23?;/t32-,33?;22-;/m11./s1. The predicted molar refractivity (Wildman–Crippen MR) is 425 cm³/mol. The molecule has 33 heteroatoms. The molecule has 4 aromatic carbocycles. The molecule has 0 radical (unpaired) electrons. The first-order valence-corrected chi connectivity index (χ1v) is 39.3. The molecular formula is C84H82F2N20O11. The van der Waals surface area contributed by atoms with E-state index in [0.717, 1.165) is 132 Å². The van der Waals surface area contributed by atoms with Crippen molar-refractivity contribution >= 4 is 106 Å². The Hall–Kier alpha value is -13.5. The fourth-order valence-corrected chi connectivity index (χ4v) is 17.0. The van der Waals surface area contributed by atoms with Crippen molar-refractivity contribution in [3.8, 4) is 22.8 Å². The molecule has 6 N–H and O–H groups in total. The summed E-state index contributed by atoms with van der Waals surface area (Å²) in [6.45, 7) is 9.43. The van der Waals surface area contributed by atoms with Crippen molar-refractivity contribution in [3.63, 3.8) is 0 Å². The Bertz CT molecular complexity index is 5550. The van der Waals surface area contributed by atoms with Crippen LogP contribution in [0.1, 0.15) is 122 Å². The smallest absolute Gasteiger partial charge is 0.310 e. The van der Waals surface area contributed by atoms with Gasteiger partial charge in [0.25, 0.3) is 23.6 Å². The van der Waals surface area contributed by atoms with Crippen molar-refractivity contribution in [1.82, 2.24) is 70.1 Å². The van der Waals surface area contributed by atoms with Gasteiger partial charge in [-0.2, -0.15) is 0 Å². The van der Waals surface area contributed by atoms with Gasteiger partial charge in [-0.05, 0) is 159 Å². The van der Waals surface area contributed by atoms with E-state index in [1.807, 2.05) is 90.9 Å². The maximum Gasteiger partial charge on any atom is 0.310 e. The summed E-state index contributed by atoms with van der Waals surface area (Å²) < 4.78 is 29.6. The lowest BCUT2D eigenvalue weighted by Crippen LogP contribution is -2.58. The third-order valence-corrected chi connectivity index (χ3v) is 23.3. The van der Waals surface area contributed by atoms with E-state index in [2.05, 4.69) is 45.6 Å². The zero-order valence-electron chi connectivity index (χ0n) is 63.5. The van der Waals surface area contributed by atoms with E-state index in [1.165, 1.54) is 18.2 Å². The lowest BCUT2D eigenvalue weighted by Gasteiger charge is -2.44. The summed E-state index contributed by atoms with van der Waals surface area (Å²) >= 11 is 0. The van der Waals surface area contributed by atoms with E-state index >= 15 is 0 Å². The Morgan fingerprint density at radius 3 is 1.66 bits per heavy atom. The number of aliphatic carboxylic acids is 1. The first-order valence-electron chi connectivity index (χ1n) is 39.3. The Balaban J connectivity index is 0.000000140. The first kappa shape index (κ1) is 76.2. The van der Waals surface area contributed by atoms with Gasteiger partial charge in [-0.25, -0.2) is 33.2 Å². The number of pyridine rings is 2. The van der Waals surface area contributed by atoms with Crippen LogP contribution in [0.5, 0.6) is 0 Å².